The highest BCUT2D eigenvalue weighted by Gasteiger charge is 2.01. The monoisotopic (exact) mass is 218 g/mol. The molecule has 0 bridgehead atoms. The molecule has 0 aromatic heterocycles. The standard InChI is InChI=1S/C11H22O4/c1-2-3-4-5-6-7-8-15-11(13)9-14-10-12/h12H,2-10H2,1H3. The molecule has 0 spiro atoms. The lowest BCUT2D eigenvalue weighted by atomic mass is 10.1. The van der Waals surface area contributed by atoms with Gasteiger partial charge in [0.25, 0.3) is 0 Å². The van der Waals surface area contributed by atoms with Crippen LogP contribution in [0.4, 0.5) is 0 Å². The Balaban J connectivity index is 3.06. The number of hydrogen-bond acceptors (Lipinski definition) is 4. The van der Waals surface area contributed by atoms with Gasteiger partial charge in [-0.2, -0.15) is 0 Å². The van der Waals surface area contributed by atoms with E-state index < -0.39 is 12.8 Å². The maximum Gasteiger partial charge on any atom is 0.332 e. The van der Waals surface area contributed by atoms with Gasteiger partial charge >= 0.3 is 5.97 Å². The van der Waals surface area contributed by atoms with Crippen molar-refractivity contribution in [3.8, 4) is 0 Å². The molecule has 90 valence electrons. The summed E-state index contributed by atoms with van der Waals surface area (Å²) in [5.41, 5.74) is 0. The number of ether oxygens (including phenoxy) is 2. The maximum atomic E-state index is 10.9. The number of esters is 1. The van der Waals surface area contributed by atoms with E-state index in [1.807, 2.05) is 0 Å². The summed E-state index contributed by atoms with van der Waals surface area (Å²) < 4.78 is 9.36. The predicted octanol–water partition coefficient (Wildman–Crippen LogP) is 1.86. The van der Waals surface area contributed by atoms with Gasteiger partial charge in [-0.3, -0.25) is 0 Å². The van der Waals surface area contributed by atoms with Gasteiger partial charge in [0.15, 0.2) is 0 Å². The van der Waals surface area contributed by atoms with E-state index in [9.17, 15) is 4.79 Å². The average Bonchev–Trinajstić information content (AvgIpc) is 2.25. The molecule has 0 aliphatic heterocycles. The first kappa shape index (κ1) is 14.4. The summed E-state index contributed by atoms with van der Waals surface area (Å²) in [6.07, 6.45) is 7.01. The molecule has 0 aromatic rings. The van der Waals surface area contributed by atoms with Crippen molar-refractivity contribution < 1.29 is 19.4 Å². The van der Waals surface area contributed by atoms with E-state index in [0.29, 0.717) is 6.61 Å². The van der Waals surface area contributed by atoms with Gasteiger partial charge in [0.2, 0.25) is 0 Å². The Morgan fingerprint density at radius 2 is 1.80 bits per heavy atom. The SMILES string of the molecule is CCCCCCCCOC(=O)COCO. The summed E-state index contributed by atoms with van der Waals surface area (Å²) in [7, 11) is 0. The molecular weight excluding hydrogens is 196 g/mol. The van der Waals surface area contributed by atoms with Crippen molar-refractivity contribution in [2.75, 3.05) is 20.0 Å². The Labute approximate surface area is 91.6 Å². The van der Waals surface area contributed by atoms with Gasteiger partial charge < -0.3 is 14.6 Å². The quantitative estimate of drug-likeness (QED) is 0.345. The highest BCUT2D eigenvalue weighted by molar-refractivity contribution is 5.70. The molecule has 4 nitrogen and oxygen atoms in total. The molecule has 0 heterocycles. The molecule has 0 saturated heterocycles. The van der Waals surface area contributed by atoms with Crippen molar-refractivity contribution in [3.63, 3.8) is 0 Å². The normalized spacial score (nSPS) is 10.3. The Morgan fingerprint density at radius 1 is 1.13 bits per heavy atom. The molecule has 0 unspecified atom stereocenters. The summed E-state index contributed by atoms with van der Waals surface area (Å²) in [4.78, 5) is 10.9. The van der Waals surface area contributed by atoms with Crippen molar-refractivity contribution in [3.05, 3.63) is 0 Å². The van der Waals surface area contributed by atoms with Gasteiger partial charge in [-0.25, -0.2) is 4.79 Å². The lowest BCUT2D eigenvalue weighted by Crippen LogP contribution is -2.13. The molecule has 0 amide bonds. The van der Waals surface area contributed by atoms with E-state index in [1.165, 1.54) is 25.7 Å². The largest absolute Gasteiger partial charge is 0.464 e. The lowest BCUT2D eigenvalue weighted by molar-refractivity contribution is -0.152. The van der Waals surface area contributed by atoms with Gasteiger partial charge in [0.1, 0.15) is 13.4 Å². The molecular formula is C11H22O4. The highest BCUT2D eigenvalue weighted by atomic mass is 16.6. The van der Waals surface area contributed by atoms with Crippen molar-refractivity contribution in [1.82, 2.24) is 0 Å². The van der Waals surface area contributed by atoms with E-state index >= 15 is 0 Å². The summed E-state index contributed by atoms with van der Waals surface area (Å²) in [5, 5.41) is 8.28. The second-order valence-electron chi connectivity index (χ2n) is 3.47. The van der Waals surface area contributed by atoms with Crippen LogP contribution in [0.3, 0.4) is 0 Å². The van der Waals surface area contributed by atoms with Crippen molar-refractivity contribution in [2.45, 2.75) is 45.4 Å². The van der Waals surface area contributed by atoms with Gasteiger partial charge in [-0.1, -0.05) is 39.0 Å². The number of aliphatic hydroxyl groups excluding tert-OH is 1. The number of rotatable bonds is 10. The molecule has 0 radical (unpaired) electrons. The number of carbonyl (C=O) groups is 1. The fourth-order valence-corrected chi connectivity index (χ4v) is 1.24. The Bertz CT molecular complexity index is 148. The Morgan fingerprint density at radius 3 is 2.47 bits per heavy atom. The fourth-order valence-electron chi connectivity index (χ4n) is 1.24. The highest BCUT2D eigenvalue weighted by Crippen LogP contribution is 2.04. The molecule has 4 heteroatoms. The van der Waals surface area contributed by atoms with Crippen molar-refractivity contribution >= 4 is 5.97 Å². The van der Waals surface area contributed by atoms with E-state index in [0.717, 1.165) is 12.8 Å². The molecule has 0 aliphatic carbocycles. The Hall–Kier alpha value is -0.610. The lowest BCUT2D eigenvalue weighted by Gasteiger charge is -2.04. The number of aliphatic hydroxyl groups is 1. The minimum atomic E-state index is -0.438. The second-order valence-corrected chi connectivity index (χ2v) is 3.47. The first-order chi connectivity index (χ1) is 7.31. The number of unbranched alkanes of at least 4 members (excludes halogenated alkanes) is 5. The van der Waals surface area contributed by atoms with Crippen LogP contribution in [-0.2, 0) is 14.3 Å². The maximum absolute atomic E-state index is 10.9. The molecule has 15 heavy (non-hydrogen) atoms. The van der Waals surface area contributed by atoms with Gasteiger partial charge in [0, 0.05) is 0 Å². The van der Waals surface area contributed by atoms with Crippen LogP contribution < -0.4 is 0 Å². The molecule has 0 aliphatic rings. The molecule has 0 atom stereocenters. The van der Waals surface area contributed by atoms with E-state index in [4.69, 9.17) is 9.84 Å². The zero-order valence-electron chi connectivity index (χ0n) is 9.54. The average molecular weight is 218 g/mol. The zero-order chi connectivity index (χ0) is 11.4. The summed E-state index contributed by atoms with van der Waals surface area (Å²) in [5.74, 6) is -0.405. The molecule has 0 fully saturated rings. The summed E-state index contributed by atoms with van der Waals surface area (Å²) in [6.45, 7) is 2.04. The molecule has 0 aromatic carbocycles. The third-order valence-corrected chi connectivity index (χ3v) is 2.07. The van der Waals surface area contributed by atoms with Crippen LogP contribution in [0, 0.1) is 0 Å². The minimum absolute atomic E-state index is 0.160. The molecule has 0 saturated carbocycles. The molecule has 0 rings (SSSR count). The van der Waals surface area contributed by atoms with Crippen LogP contribution in [0.1, 0.15) is 45.4 Å². The fraction of sp³-hybridized carbons (Fsp3) is 0.909. The van der Waals surface area contributed by atoms with Gasteiger partial charge in [-0.15, -0.1) is 0 Å². The smallest absolute Gasteiger partial charge is 0.332 e. The van der Waals surface area contributed by atoms with Gasteiger partial charge in [-0.05, 0) is 6.42 Å². The van der Waals surface area contributed by atoms with E-state index in [-0.39, 0.29) is 6.61 Å². The van der Waals surface area contributed by atoms with Gasteiger partial charge in [0.05, 0.1) is 6.61 Å². The van der Waals surface area contributed by atoms with E-state index in [2.05, 4.69) is 11.7 Å². The minimum Gasteiger partial charge on any atom is -0.464 e. The van der Waals surface area contributed by atoms with Crippen LogP contribution in [-0.4, -0.2) is 31.1 Å². The topological polar surface area (TPSA) is 55.8 Å². The second kappa shape index (κ2) is 11.5. The first-order valence-electron chi connectivity index (χ1n) is 5.65. The molecule has 1 N–H and O–H groups in total. The van der Waals surface area contributed by atoms with Crippen LogP contribution in [0.5, 0.6) is 0 Å². The van der Waals surface area contributed by atoms with Crippen LogP contribution >= 0.6 is 0 Å². The van der Waals surface area contributed by atoms with Crippen molar-refractivity contribution in [1.29, 1.82) is 0 Å². The first-order valence-corrected chi connectivity index (χ1v) is 5.65. The van der Waals surface area contributed by atoms with Crippen molar-refractivity contribution in [2.24, 2.45) is 0 Å². The summed E-state index contributed by atoms with van der Waals surface area (Å²) >= 11 is 0. The Kier molecular flexibility index (Phi) is 11.0. The van der Waals surface area contributed by atoms with Crippen LogP contribution in [0.2, 0.25) is 0 Å². The number of carbonyl (C=O) groups excluding carboxylic acids is 1. The van der Waals surface area contributed by atoms with E-state index in [1.54, 1.807) is 0 Å². The number of hydrogen-bond donors (Lipinski definition) is 1. The summed E-state index contributed by atoms with van der Waals surface area (Å²) in [6, 6.07) is 0. The van der Waals surface area contributed by atoms with Crippen LogP contribution in [0.25, 0.3) is 0 Å². The van der Waals surface area contributed by atoms with Crippen LogP contribution in [0.15, 0.2) is 0 Å². The third-order valence-electron chi connectivity index (χ3n) is 2.07. The zero-order valence-corrected chi connectivity index (χ0v) is 9.54. The predicted molar refractivity (Wildman–Crippen MR) is 57.4 cm³/mol. The third kappa shape index (κ3) is 11.3.